The van der Waals surface area contributed by atoms with E-state index in [1.165, 1.54) is 16.8 Å². The van der Waals surface area contributed by atoms with Gasteiger partial charge in [0.1, 0.15) is 16.9 Å². The van der Waals surface area contributed by atoms with Crippen LogP contribution in [-0.2, 0) is 34.6 Å². The van der Waals surface area contributed by atoms with Crippen molar-refractivity contribution in [1.29, 1.82) is 0 Å². The van der Waals surface area contributed by atoms with Gasteiger partial charge in [-0.2, -0.15) is 0 Å². The Kier molecular flexibility index (Phi) is 6.25. The molecule has 1 spiro atoms. The zero-order valence-corrected chi connectivity index (χ0v) is 22.8. The van der Waals surface area contributed by atoms with Gasteiger partial charge in [-0.1, -0.05) is 35.5 Å². The Bertz CT molecular complexity index is 1810. The summed E-state index contributed by atoms with van der Waals surface area (Å²) in [6.07, 6.45) is 4.43. The van der Waals surface area contributed by atoms with E-state index in [1.54, 1.807) is 14.5 Å². The highest BCUT2D eigenvalue weighted by Gasteiger charge is 2.61. The first-order valence-corrected chi connectivity index (χ1v) is 14.1. The highest BCUT2D eigenvalue weighted by molar-refractivity contribution is 6.09. The summed E-state index contributed by atoms with van der Waals surface area (Å²) in [4.78, 5) is 58.1. The molecule has 1 fully saturated rings. The molecule has 2 aromatic heterocycles. The number of rotatable bonds is 3. The number of aromatic nitrogens is 5. The fraction of sp³-hybridized carbons (Fsp3) is 0.333. The summed E-state index contributed by atoms with van der Waals surface area (Å²) < 4.78 is 9.16. The molecule has 2 atom stereocenters. The van der Waals surface area contributed by atoms with E-state index in [0.29, 0.717) is 37.6 Å². The molecule has 1 N–H and O–H groups in total. The Morgan fingerprint density at radius 1 is 1.07 bits per heavy atom. The van der Waals surface area contributed by atoms with Crippen molar-refractivity contribution in [1.82, 2.24) is 29.4 Å². The van der Waals surface area contributed by atoms with Gasteiger partial charge in [0.25, 0.3) is 5.56 Å². The SMILES string of the molecule is O=C(CCn1ccc(=O)[nH]c1=O)N1CC[C@@]23C(=O)N(Cc4cn(nn4)CCCOc4cccc(c4)[C@H]12)c1ccccc13. The molecule has 12 heteroatoms. The largest absolute Gasteiger partial charge is 0.494 e. The zero-order valence-electron chi connectivity index (χ0n) is 22.8. The Morgan fingerprint density at radius 2 is 1.95 bits per heavy atom. The normalized spacial score (nSPS) is 21.2. The molecule has 7 rings (SSSR count). The van der Waals surface area contributed by atoms with Crippen molar-refractivity contribution in [3.8, 4) is 5.75 Å². The minimum Gasteiger partial charge on any atom is -0.494 e. The number of fused-ring (bicyclic) bond motifs is 8. The minimum atomic E-state index is -1.02. The number of likely N-dealkylation sites (tertiary alicyclic amines) is 1. The highest BCUT2D eigenvalue weighted by Crippen LogP contribution is 2.57. The van der Waals surface area contributed by atoms with Crippen LogP contribution in [0.3, 0.4) is 0 Å². The van der Waals surface area contributed by atoms with Crippen LogP contribution in [-0.4, -0.2) is 54.4 Å². The van der Waals surface area contributed by atoms with Crippen molar-refractivity contribution in [2.24, 2.45) is 0 Å². The minimum absolute atomic E-state index is 0.0252. The fourth-order valence-electron chi connectivity index (χ4n) is 6.63. The second kappa shape index (κ2) is 10.1. The van der Waals surface area contributed by atoms with Crippen LogP contribution in [0.2, 0.25) is 0 Å². The Morgan fingerprint density at radius 3 is 2.83 bits per heavy atom. The zero-order chi connectivity index (χ0) is 28.8. The van der Waals surface area contributed by atoms with E-state index in [0.717, 1.165) is 23.2 Å². The number of aryl methyl sites for hydroxylation is 2. The van der Waals surface area contributed by atoms with Gasteiger partial charge in [-0.3, -0.25) is 24.0 Å². The van der Waals surface area contributed by atoms with Crippen LogP contribution in [0.15, 0.2) is 76.6 Å². The molecule has 3 aliphatic heterocycles. The first-order valence-electron chi connectivity index (χ1n) is 14.1. The molecule has 1 saturated heterocycles. The standard InChI is InChI=1S/C30H29N7O5/c38-25-9-13-34(29(41)31-25)14-10-26(39)36-15-11-30-23-7-1-2-8-24(23)37(28(30)40)19-21-18-35(33-32-21)12-4-16-42-22-6-3-5-20(17-22)27(30)36/h1-3,5-9,13,17-18,27H,4,10-12,14-16,19H2,(H,31,38,41)/t27-,30-/m0/s1. The molecule has 0 radical (unpaired) electrons. The molecule has 2 aromatic carbocycles. The van der Waals surface area contributed by atoms with Gasteiger partial charge in [-0.05, 0) is 35.7 Å². The average molecular weight is 568 g/mol. The first kappa shape index (κ1) is 25.9. The number of carbonyl (C=O) groups is 2. The number of nitrogens with one attached hydrogen (secondary N) is 1. The number of ether oxygens (including phenoxy) is 1. The third-order valence-corrected chi connectivity index (χ3v) is 8.49. The third-order valence-electron chi connectivity index (χ3n) is 8.49. The van der Waals surface area contributed by atoms with Crippen LogP contribution < -0.4 is 20.9 Å². The molecular formula is C30H29N7O5. The van der Waals surface area contributed by atoms with Crippen molar-refractivity contribution in [3.05, 3.63) is 105 Å². The summed E-state index contributed by atoms with van der Waals surface area (Å²) >= 11 is 0. The van der Waals surface area contributed by atoms with Gasteiger partial charge in [0, 0.05) is 50.4 Å². The van der Waals surface area contributed by atoms with Gasteiger partial charge in [-0.15, -0.1) is 5.10 Å². The number of anilines is 1. The van der Waals surface area contributed by atoms with E-state index in [-0.39, 0.29) is 31.3 Å². The molecule has 5 heterocycles. The predicted octanol–water partition coefficient (Wildman–Crippen LogP) is 1.76. The van der Waals surface area contributed by atoms with Crippen molar-refractivity contribution < 1.29 is 14.3 Å². The summed E-state index contributed by atoms with van der Waals surface area (Å²) in [5, 5.41) is 8.58. The lowest BCUT2D eigenvalue weighted by Gasteiger charge is -2.35. The molecule has 12 nitrogen and oxygen atoms in total. The van der Waals surface area contributed by atoms with Gasteiger partial charge in [0.05, 0.1) is 25.4 Å². The second-order valence-electron chi connectivity index (χ2n) is 10.9. The average Bonchev–Trinajstić information content (AvgIpc) is 3.68. The summed E-state index contributed by atoms with van der Waals surface area (Å²) in [6, 6.07) is 16.1. The number of hydrogen-bond acceptors (Lipinski definition) is 7. The van der Waals surface area contributed by atoms with Crippen LogP contribution in [0, 0.1) is 0 Å². The summed E-state index contributed by atoms with van der Waals surface area (Å²) in [7, 11) is 0. The Balaban J connectivity index is 1.32. The monoisotopic (exact) mass is 567 g/mol. The van der Waals surface area contributed by atoms with Gasteiger partial charge < -0.3 is 19.1 Å². The number of para-hydroxylation sites is 1. The smallest absolute Gasteiger partial charge is 0.328 e. The highest BCUT2D eigenvalue weighted by atomic mass is 16.5. The van der Waals surface area contributed by atoms with Gasteiger partial charge in [-0.25, -0.2) is 4.79 Å². The molecule has 0 saturated carbocycles. The Labute approximate surface area is 240 Å². The van der Waals surface area contributed by atoms with Crippen LogP contribution in [0.4, 0.5) is 5.69 Å². The first-order chi connectivity index (χ1) is 20.4. The molecule has 3 aliphatic rings. The van der Waals surface area contributed by atoms with E-state index >= 15 is 0 Å². The predicted molar refractivity (Wildman–Crippen MR) is 151 cm³/mol. The lowest BCUT2D eigenvalue weighted by molar-refractivity contribution is -0.134. The van der Waals surface area contributed by atoms with Gasteiger partial charge in [0.15, 0.2) is 0 Å². The maximum absolute atomic E-state index is 14.7. The van der Waals surface area contributed by atoms with Crippen molar-refractivity contribution in [2.75, 3.05) is 18.1 Å². The van der Waals surface area contributed by atoms with E-state index in [4.69, 9.17) is 4.74 Å². The number of benzene rings is 2. The topological polar surface area (TPSA) is 135 Å². The maximum Gasteiger partial charge on any atom is 0.328 e. The van der Waals surface area contributed by atoms with E-state index < -0.39 is 22.7 Å². The maximum atomic E-state index is 14.7. The van der Waals surface area contributed by atoms with Crippen LogP contribution >= 0.6 is 0 Å². The summed E-state index contributed by atoms with van der Waals surface area (Å²) in [5.41, 5.74) is 1.08. The lowest BCUT2D eigenvalue weighted by Crippen LogP contribution is -2.45. The molecular weight excluding hydrogens is 538 g/mol. The van der Waals surface area contributed by atoms with Crippen molar-refractivity contribution in [2.45, 2.75) is 50.4 Å². The molecule has 214 valence electrons. The second-order valence-corrected chi connectivity index (χ2v) is 10.9. The van der Waals surface area contributed by atoms with Crippen LogP contribution in [0.1, 0.15) is 42.1 Å². The van der Waals surface area contributed by atoms with E-state index in [1.807, 2.05) is 54.7 Å². The molecule has 2 amide bonds. The summed E-state index contributed by atoms with van der Waals surface area (Å²) in [6.45, 7) is 1.83. The van der Waals surface area contributed by atoms with Gasteiger partial charge >= 0.3 is 5.69 Å². The number of carbonyl (C=O) groups excluding carboxylic acids is 2. The molecule has 42 heavy (non-hydrogen) atoms. The van der Waals surface area contributed by atoms with E-state index in [2.05, 4.69) is 15.3 Å². The quantitative estimate of drug-likeness (QED) is 0.399. The molecule has 6 bridgehead atoms. The van der Waals surface area contributed by atoms with Gasteiger partial charge in [0.2, 0.25) is 11.8 Å². The van der Waals surface area contributed by atoms with Crippen molar-refractivity contribution in [3.63, 3.8) is 0 Å². The van der Waals surface area contributed by atoms with E-state index in [9.17, 15) is 19.2 Å². The molecule has 0 aliphatic carbocycles. The lowest BCUT2D eigenvalue weighted by atomic mass is 9.72. The number of amides is 2. The number of H-pyrrole nitrogens is 1. The number of nitrogens with zero attached hydrogens (tertiary/aromatic N) is 6. The number of aromatic amines is 1. The van der Waals surface area contributed by atoms with Crippen LogP contribution in [0.5, 0.6) is 5.75 Å². The fourth-order valence-corrected chi connectivity index (χ4v) is 6.63. The Hall–Kier alpha value is -5.00. The molecule has 0 unspecified atom stereocenters. The van der Waals surface area contributed by atoms with Crippen LogP contribution in [0.25, 0.3) is 0 Å². The van der Waals surface area contributed by atoms with Crippen molar-refractivity contribution >= 4 is 17.5 Å². The summed E-state index contributed by atoms with van der Waals surface area (Å²) in [5.74, 6) is 0.383. The number of hydrogen-bond donors (Lipinski definition) is 1. The third kappa shape index (κ3) is 4.21. The molecule has 4 aromatic rings.